The highest BCUT2D eigenvalue weighted by Gasteiger charge is 2.37. The quantitative estimate of drug-likeness (QED) is 0.883. The van der Waals surface area contributed by atoms with E-state index < -0.39 is 0 Å². The van der Waals surface area contributed by atoms with E-state index >= 15 is 0 Å². The number of hydrogen-bond acceptors (Lipinski definition) is 4. The van der Waals surface area contributed by atoms with Gasteiger partial charge in [-0.3, -0.25) is 4.79 Å². The van der Waals surface area contributed by atoms with Crippen LogP contribution in [0.5, 0.6) is 0 Å². The number of hydrogen-bond donors (Lipinski definition) is 1. The van der Waals surface area contributed by atoms with Gasteiger partial charge in [0.15, 0.2) is 5.78 Å². The van der Waals surface area contributed by atoms with Crippen LogP contribution in [-0.2, 0) is 4.79 Å². The molecule has 4 heteroatoms. The third-order valence-electron chi connectivity index (χ3n) is 4.03. The number of carbonyl (C=O) groups excluding carboxylic acids is 1. The number of nitrogens with one attached hydrogen (secondary N) is 1. The van der Waals surface area contributed by atoms with Gasteiger partial charge in [-0.1, -0.05) is 19.0 Å². The van der Waals surface area contributed by atoms with Gasteiger partial charge in [0, 0.05) is 29.2 Å². The van der Waals surface area contributed by atoms with Gasteiger partial charge in [-0.25, -0.2) is 0 Å². The van der Waals surface area contributed by atoms with E-state index in [4.69, 9.17) is 4.52 Å². The van der Waals surface area contributed by atoms with Crippen molar-refractivity contribution in [3.63, 3.8) is 0 Å². The zero-order chi connectivity index (χ0) is 13.6. The van der Waals surface area contributed by atoms with Crippen LogP contribution in [0.25, 0.3) is 0 Å². The van der Waals surface area contributed by atoms with Gasteiger partial charge in [-0.15, -0.1) is 0 Å². The Morgan fingerprint density at radius 2 is 2.21 bits per heavy atom. The summed E-state index contributed by atoms with van der Waals surface area (Å²) in [7, 11) is 0. The molecule has 2 heterocycles. The number of fused-ring (bicyclic) bond motifs is 1. The Morgan fingerprint density at radius 3 is 2.95 bits per heavy atom. The molecule has 0 saturated carbocycles. The number of rotatable bonds is 2. The Balaban J connectivity index is 2.10. The maximum atomic E-state index is 12.3. The summed E-state index contributed by atoms with van der Waals surface area (Å²) in [5.74, 6) is 1.74. The summed E-state index contributed by atoms with van der Waals surface area (Å²) < 4.78 is 5.38. The second-order valence-electron chi connectivity index (χ2n) is 5.99. The number of carbonyl (C=O) groups is 1. The second-order valence-corrected chi connectivity index (χ2v) is 5.99. The molecule has 1 aliphatic carbocycles. The molecule has 102 valence electrons. The Kier molecular flexibility index (Phi) is 2.96. The molecule has 1 N–H and O–H groups in total. The number of anilines is 1. The van der Waals surface area contributed by atoms with E-state index in [-0.39, 0.29) is 5.92 Å². The number of ketones is 1. The average Bonchev–Trinajstić information content (AvgIpc) is 2.70. The summed E-state index contributed by atoms with van der Waals surface area (Å²) in [4.78, 5) is 12.3. The average molecular weight is 260 g/mol. The molecule has 1 unspecified atom stereocenters. The van der Waals surface area contributed by atoms with Gasteiger partial charge < -0.3 is 9.84 Å². The lowest BCUT2D eigenvalue weighted by Gasteiger charge is -2.31. The van der Waals surface area contributed by atoms with Crippen LogP contribution >= 0.6 is 0 Å². The topological polar surface area (TPSA) is 55.1 Å². The van der Waals surface area contributed by atoms with Crippen LogP contribution in [0.3, 0.4) is 0 Å². The van der Waals surface area contributed by atoms with E-state index in [9.17, 15) is 4.79 Å². The fraction of sp³-hybridized carbons (Fsp3) is 0.600. The lowest BCUT2D eigenvalue weighted by atomic mass is 9.76. The van der Waals surface area contributed by atoms with Crippen molar-refractivity contribution in [3.05, 3.63) is 22.5 Å². The SMILES string of the molecule is Cc1noc2c1C(CC(C)C)C1=C(CCCC1=O)N2. The van der Waals surface area contributed by atoms with Crippen LogP contribution in [-0.4, -0.2) is 10.9 Å². The van der Waals surface area contributed by atoms with Crippen molar-refractivity contribution in [3.8, 4) is 0 Å². The van der Waals surface area contributed by atoms with Crippen LogP contribution in [0, 0.1) is 12.8 Å². The molecule has 1 atom stereocenters. The van der Waals surface area contributed by atoms with E-state index in [1.54, 1.807) is 0 Å². The van der Waals surface area contributed by atoms with E-state index in [1.165, 1.54) is 0 Å². The van der Waals surface area contributed by atoms with E-state index in [2.05, 4.69) is 24.3 Å². The van der Waals surface area contributed by atoms with Crippen LogP contribution in [0.1, 0.15) is 56.7 Å². The van der Waals surface area contributed by atoms with Gasteiger partial charge >= 0.3 is 0 Å². The van der Waals surface area contributed by atoms with Crippen molar-refractivity contribution in [2.24, 2.45) is 5.92 Å². The van der Waals surface area contributed by atoms with Crippen molar-refractivity contribution in [2.45, 2.75) is 52.4 Å². The summed E-state index contributed by atoms with van der Waals surface area (Å²) in [5, 5.41) is 7.35. The highest BCUT2D eigenvalue weighted by molar-refractivity contribution is 6.00. The molecule has 3 rings (SSSR count). The molecule has 0 spiro atoms. The molecular weight excluding hydrogens is 240 g/mol. The summed E-state index contributed by atoms with van der Waals surface area (Å²) in [6.07, 6.45) is 3.52. The van der Waals surface area contributed by atoms with Gasteiger partial charge in [0.25, 0.3) is 0 Å². The van der Waals surface area contributed by atoms with Crippen molar-refractivity contribution in [2.75, 3.05) is 5.32 Å². The molecule has 4 nitrogen and oxygen atoms in total. The number of aryl methyl sites for hydroxylation is 1. The second kappa shape index (κ2) is 4.51. The zero-order valence-electron chi connectivity index (χ0n) is 11.7. The highest BCUT2D eigenvalue weighted by atomic mass is 16.5. The third-order valence-corrected chi connectivity index (χ3v) is 4.03. The first-order chi connectivity index (χ1) is 9.08. The highest BCUT2D eigenvalue weighted by Crippen LogP contribution is 2.45. The molecule has 1 aliphatic heterocycles. The zero-order valence-corrected chi connectivity index (χ0v) is 11.7. The Hall–Kier alpha value is -1.58. The number of Topliss-reactive ketones (excluding diaryl/α,β-unsaturated/α-hetero) is 1. The van der Waals surface area contributed by atoms with Gasteiger partial charge in [-0.05, 0) is 32.1 Å². The Morgan fingerprint density at radius 1 is 1.42 bits per heavy atom. The van der Waals surface area contributed by atoms with Crippen LogP contribution in [0.2, 0.25) is 0 Å². The molecule has 0 amide bonds. The number of aromatic nitrogens is 1. The summed E-state index contributed by atoms with van der Waals surface area (Å²) in [6.45, 7) is 6.34. The smallest absolute Gasteiger partial charge is 0.232 e. The Labute approximate surface area is 113 Å². The lowest BCUT2D eigenvalue weighted by Crippen LogP contribution is -2.26. The van der Waals surface area contributed by atoms with E-state index in [0.29, 0.717) is 18.1 Å². The summed E-state index contributed by atoms with van der Waals surface area (Å²) in [5.41, 5.74) is 4.03. The third kappa shape index (κ3) is 1.99. The minimum Gasteiger partial charge on any atom is -0.338 e. The maximum Gasteiger partial charge on any atom is 0.232 e. The summed E-state index contributed by atoms with van der Waals surface area (Å²) >= 11 is 0. The summed E-state index contributed by atoms with van der Waals surface area (Å²) in [6, 6.07) is 0. The van der Waals surface area contributed by atoms with Crippen molar-refractivity contribution >= 4 is 11.7 Å². The normalized spacial score (nSPS) is 22.3. The molecule has 0 fully saturated rings. The predicted octanol–water partition coefficient (Wildman–Crippen LogP) is 3.55. The molecule has 2 aliphatic rings. The Bertz CT molecular complexity index is 554. The van der Waals surface area contributed by atoms with Gasteiger partial charge in [0.05, 0.1) is 5.69 Å². The molecule has 0 bridgehead atoms. The minimum atomic E-state index is 0.158. The van der Waals surface area contributed by atoms with E-state index in [1.807, 2.05) is 6.92 Å². The van der Waals surface area contributed by atoms with Crippen molar-refractivity contribution in [1.82, 2.24) is 5.16 Å². The fourth-order valence-electron chi connectivity index (χ4n) is 3.26. The standard InChI is InChI=1S/C15H20N2O2/c1-8(2)7-10-13-9(3)17-19-15(13)16-11-5-4-6-12(18)14(10)11/h8,10,16H,4-7H2,1-3H3. The fourth-order valence-corrected chi connectivity index (χ4v) is 3.26. The minimum absolute atomic E-state index is 0.158. The molecule has 0 radical (unpaired) electrons. The molecular formula is C15H20N2O2. The molecule has 0 saturated heterocycles. The maximum absolute atomic E-state index is 12.3. The van der Waals surface area contributed by atoms with Crippen LogP contribution < -0.4 is 5.32 Å². The van der Waals surface area contributed by atoms with Gasteiger partial charge in [-0.2, -0.15) is 0 Å². The van der Waals surface area contributed by atoms with Gasteiger partial charge in [0.2, 0.25) is 5.88 Å². The predicted molar refractivity (Wildman–Crippen MR) is 72.9 cm³/mol. The molecule has 0 aromatic carbocycles. The lowest BCUT2D eigenvalue weighted by molar-refractivity contribution is -0.116. The first-order valence-corrected chi connectivity index (χ1v) is 7.07. The van der Waals surface area contributed by atoms with Crippen molar-refractivity contribution < 1.29 is 9.32 Å². The first-order valence-electron chi connectivity index (χ1n) is 7.07. The molecule has 19 heavy (non-hydrogen) atoms. The van der Waals surface area contributed by atoms with Crippen LogP contribution in [0.4, 0.5) is 5.88 Å². The largest absolute Gasteiger partial charge is 0.338 e. The van der Waals surface area contributed by atoms with Crippen molar-refractivity contribution in [1.29, 1.82) is 0 Å². The van der Waals surface area contributed by atoms with Gasteiger partial charge in [0.1, 0.15) is 0 Å². The molecule has 1 aromatic heterocycles. The first kappa shape index (κ1) is 12.5. The molecule has 1 aromatic rings. The monoisotopic (exact) mass is 260 g/mol. The van der Waals surface area contributed by atoms with E-state index in [0.717, 1.165) is 47.7 Å². The number of allylic oxidation sites excluding steroid dienone is 2. The number of nitrogens with zero attached hydrogens (tertiary/aromatic N) is 1. The van der Waals surface area contributed by atoms with Crippen LogP contribution in [0.15, 0.2) is 15.8 Å².